The maximum Gasteiger partial charge on any atom is 0.358 e. The monoisotopic (exact) mass is 411 g/mol. The molecule has 1 aliphatic carbocycles. The van der Waals surface area contributed by atoms with Crippen LogP contribution in [0.5, 0.6) is 0 Å². The zero-order valence-corrected chi connectivity index (χ0v) is 16.2. The van der Waals surface area contributed by atoms with Crippen molar-refractivity contribution in [3.05, 3.63) is 51.5 Å². The number of carbonyl (C=O) groups excluding carboxylic acids is 1. The molecule has 0 saturated heterocycles. The summed E-state index contributed by atoms with van der Waals surface area (Å²) < 4.78 is 29.6. The summed E-state index contributed by atoms with van der Waals surface area (Å²) in [5.41, 5.74) is 2.32. The number of hydrogen-bond acceptors (Lipinski definition) is 5. The Bertz CT molecular complexity index is 862. The summed E-state index contributed by atoms with van der Waals surface area (Å²) in [4.78, 5) is 12.2. The van der Waals surface area contributed by atoms with Gasteiger partial charge in [-0.1, -0.05) is 36.7 Å². The van der Waals surface area contributed by atoms with E-state index in [9.17, 15) is 13.2 Å². The van der Waals surface area contributed by atoms with Gasteiger partial charge in [-0.3, -0.25) is 9.08 Å². The van der Waals surface area contributed by atoms with E-state index in [0.29, 0.717) is 21.3 Å². The zero-order chi connectivity index (χ0) is 18.1. The molecule has 0 aromatic heterocycles. The van der Waals surface area contributed by atoms with Crippen molar-refractivity contribution in [2.24, 2.45) is 11.1 Å². The minimum absolute atomic E-state index is 0.0166. The number of allylic oxidation sites excluding steroid dienone is 4. The Labute approximate surface area is 150 Å². The molecular formula is C17H18BrNO4S. The predicted octanol–water partition coefficient (Wildman–Crippen LogP) is 3.89. The second kappa shape index (κ2) is 7.03. The fourth-order valence-corrected chi connectivity index (χ4v) is 3.26. The molecule has 0 heterocycles. The normalized spacial score (nSPS) is 17.5. The number of Topliss-reactive ketones (excluding diaryl/α,β-unsaturated/α-hetero) is 1. The minimum atomic E-state index is -4.01. The number of hydrogen-bond donors (Lipinski definition) is 0. The number of carbonyl (C=O) groups is 1. The third-order valence-electron chi connectivity index (χ3n) is 3.63. The van der Waals surface area contributed by atoms with Crippen molar-refractivity contribution in [3.8, 4) is 0 Å². The largest absolute Gasteiger partial charge is 0.358 e. The molecule has 24 heavy (non-hydrogen) atoms. The van der Waals surface area contributed by atoms with Gasteiger partial charge in [0.1, 0.15) is 10.6 Å². The molecule has 0 amide bonds. The third kappa shape index (κ3) is 3.84. The highest BCUT2D eigenvalue weighted by atomic mass is 79.9. The summed E-state index contributed by atoms with van der Waals surface area (Å²) in [6.45, 7) is 7.30. The molecule has 7 heteroatoms. The van der Waals surface area contributed by atoms with Crippen LogP contribution in [0.3, 0.4) is 0 Å². The van der Waals surface area contributed by atoms with Crippen LogP contribution in [-0.2, 0) is 19.2 Å². The van der Waals surface area contributed by atoms with Gasteiger partial charge in [-0.2, -0.15) is 8.42 Å². The lowest BCUT2D eigenvalue weighted by atomic mass is 9.90. The predicted molar refractivity (Wildman–Crippen MR) is 96.4 cm³/mol. The molecule has 0 unspecified atom stereocenters. The maximum absolute atomic E-state index is 12.2. The van der Waals surface area contributed by atoms with Crippen molar-refractivity contribution in [2.45, 2.75) is 32.6 Å². The molecule has 1 aromatic rings. The van der Waals surface area contributed by atoms with E-state index in [1.54, 1.807) is 25.1 Å². The SMILES string of the molecule is CC1=C(Br)C(=O)C(C(C)C)=CC1=NOS(=O)(=O)c1ccc(C)cc1. The summed E-state index contributed by atoms with van der Waals surface area (Å²) in [5.74, 6) is -0.139. The van der Waals surface area contributed by atoms with Crippen molar-refractivity contribution in [1.29, 1.82) is 0 Å². The van der Waals surface area contributed by atoms with Crippen molar-refractivity contribution in [2.75, 3.05) is 0 Å². The van der Waals surface area contributed by atoms with E-state index in [2.05, 4.69) is 21.1 Å². The van der Waals surface area contributed by atoms with Crippen LogP contribution in [0.25, 0.3) is 0 Å². The van der Waals surface area contributed by atoms with E-state index >= 15 is 0 Å². The molecule has 128 valence electrons. The molecule has 0 spiro atoms. The van der Waals surface area contributed by atoms with Crippen LogP contribution in [0.15, 0.2) is 56.0 Å². The first-order chi connectivity index (χ1) is 11.1. The number of oxime groups is 1. The number of benzene rings is 1. The molecule has 5 nitrogen and oxygen atoms in total. The van der Waals surface area contributed by atoms with Crippen LogP contribution in [0, 0.1) is 12.8 Å². The average Bonchev–Trinajstić information content (AvgIpc) is 2.52. The second-order valence-corrected chi connectivity index (χ2v) is 8.16. The highest BCUT2D eigenvalue weighted by Crippen LogP contribution is 2.28. The quantitative estimate of drug-likeness (QED) is 0.556. The Morgan fingerprint density at radius 2 is 1.71 bits per heavy atom. The minimum Gasteiger partial charge on any atom is -0.288 e. The Morgan fingerprint density at radius 3 is 2.25 bits per heavy atom. The standard InChI is InChI=1S/C17H18BrNO4S/c1-10(2)14-9-15(12(4)16(18)17(14)20)19-23-24(21,22)13-7-5-11(3)6-8-13/h5-10H,1-4H3. The number of halogens is 1. The summed E-state index contributed by atoms with van der Waals surface area (Å²) in [7, 11) is -4.01. The number of rotatable bonds is 4. The van der Waals surface area contributed by atoms with Crippen LogP contribution in [-0.4, -0.2) is 19.9 Å². The fourth-order valence-electron chi connectivity index (χ4n) is 2.09. The van der Waals surface area contributed by atoms with Gasteiger partial charge in [0.15, 0.2) is 5.78 Å². The van der Waals surface area contributed by atoms with E-state index < -0.39 is 10.1 Å². The second-order valence-electron chi connectivity index (χ2n) is 5.84. The van der Waals surface area contributed by atoms with Crippen molar-refractivity contribution < 1.29 is 17.5 Å². The van der Waals surface area contributed by atoms with E-state index in [4.69, 9.17) is 4.28 Å². The van der Waals surface area contributed by atoms with Gasteiger partial charge >= 0.3 is 10.1 Å². The van der Waals surface area contributed by atoms with Crippen LogP contribution in [0.1, 0.15) is 26.3 Å². The van der Waals surface area contributed by atoms with Gasteiger partial charge in [0.2, 0.25) is 0 Å². The van der Waals surface area contributed by atoms with Crippen molar-refractivity contribution in [3.63, 3.8) is 0 Å². The summed E-state index contributed by atoms with van der Waals surface area (Å²) >= 11 is 3.24. The Morgan fingerprint density at radius 1 is 1.12 bits per heavy atom. The molecular weight excluding hydrogens is 394 g/mol. The first-order valence-corrected chi connectivity index (χ1v) is 9.55. The first-order valence-electron chi connectivity index (χ1n) is 7.35. The van der Waals surface area contributed by atoms with Crippen LogP contribution in [0.4, 0.5) is 0 Å². The lowest BCUT2D eigenvalue weighted by Crippen LogP contribution is -2.19. The third-order valence-corrected chi connectivity index (χ3v) is 5.71. The molecule has 1 aromatic carbocycles. The van der Waals surface area contributed by atoms with E-state index in [0.717, 1.165) is 5.56 Å². The van der Waals surface area contributed by atoms with Gasteiger partial charge in [0.25, 0.3) is 0 Å². The van der Waals surface area contributed by atoms with Crippen molar-refractivity contribution >= 4 is 37.5 Å². The highest BCUT2D eigenvalue weighted by molar-refractivity contribution is 9.12. The van der Waals surface area contributed by atoms with Gasteiger partial charge in [0, 0.05) is 5.57 Å². The molecule has 2 rings (SSSR count). The van der Waals surface area contributed by atoms with Gasteiger partial charge in [-0.05, 0) is 59.5 Å². The average molecular weight is 412 g/mol. The smallest absolute Gasteiger partial charge is 0.288 e. The van der Waals surface area contributed by atoms with Crippen molar-refractivity contribution in [1.82, 2.24) is 0 Å². The molecule has 0 atom stereocenters. The van der Waals surface area contributed by atoms with E-state index in [1.165, 1.54) is 12.1 Å². The number of nitrogens with zero attached hydrogens (tertiary/aromatic N) is 1. The Hall–Kier alpha value is -1.73. The zero-order valence-electron chi connectivity index (χ0n) is 13.8. The lowest BCUT2D eigenvalue weighted by molar-refractivity contribution is -0.112. The molecule has 0 aliphatic heterocycles. The molecule has 0 saturated carbocycles. The lowest BCUT2D eigenvalue weighted by Gasteiger charge is -2.17. The molecule has 1 aliphatic rings. The van der Waals surface area contributed by atoms with Crippen LogP contribution in [0.2, 0.25) is 0 Å². The van der Waals surface area contributed by atoms with Gasteiger partial charge < -0.3 is 0 Å². The molecule has 0 fully saturated rings. The van der Waals surface area contributed by atoms with Crippen LogP contribution < -0.4 is 0 Å². The first kappa shape index (κ1) is 18.6. The van der Waals surface area contributed by atoms with E-state index in [1.807, 2.05) is 20.8 Å². The number of ketones is 1. The van der Waals surface area contributed by atoms with Crippen LogP contribution >= 0.6 is 15.9 Å². The van der Waals surface area contributed by atoms with E-state index in [-0.39, 0.29) is 16.6 Å². The summed E-state index contributed by atoms with van der Waals surface area (Å²) in [6, 6.07) is 6.29. The highest BCUT2D eigenvalue weighted by Gasteiger charge is 2.26. The summed E-state index contributed by atoms with van der Waals surface area (Å²) in [5, 5.41) is 3.76. The Kier molecular flexibility index (Phi) is 5.45. The van der Waals surface area contributed by atoms with Gasteiger partial charge in [0.05, 0.1) is 4.48 Å². The topological polar surface area (TPSA) is 72.8 Å². The number of aryl methyl sites for hydroxylation is 1. The molecule has 0 N–H and O–H groups in total. The molecule has 0 radical (unpaired) electrons. The Balaban J connectivity index is 2.36. The summed E-state index contributed by atoms with van der Waals surface area (Å²) in [6.07, 6.45) is 1.57. The maximum atomic E-state index is 12.2. The fraction of sp³-hybridized carbons (Fsp3) is 0.294. The molecule has 0 bridgehead atoms. The van der Waals surface area contributed by atoms with Gasteiger partial charge in [-0.25, -0.2) is 0 Å². The van der Waals surface area contributed by atoms with Gasteiger partial charge in [-0.15, -0.1) is 0 Å².